The van der Waals surface area contributed by atoms with Crippen molar-refractivity contribution in [2.45, 2.75) is 12.6 Å². The minimum atomic E-state index is -4.43. The Balaban J connectivity index is 1.77. The number of carbonyl (C=O) groups is 1. The van der Waals surface area contributed by atoms with E-state index in [0.29, 0.717) is 22.3 Å². The molecule has 7 heteroatoms. The van der Waals surface area contributed by atoms with Crippen LogP contribution in [0.1, 0.15) is 11.4 Å². The van der Waals surface area contributed by atoms with Crippen LogP contribution < -0.4 is 5.32 Å². The van der Waals surface area contributed by atoms with E-state index >= 15 is 0 Å². The number of halogens is 3. The van der Waals surface area contributed by atoms with Crippen molar-refractivity contribution >= 4 is 22.5 Å². The molecule has 2 heterocycles. The summed E-state index contributed by atoms with van der Waals surface area (Å²) < 4.78 is 38.0. The van der Waals surface area contributed by atoms with Crippen molar-refractivity contribution in [1.82, 2.24) is 9.97 Å². The van der Waals surface area contributed by atoms with Gasteiger partial charge in [0.05, 0.1) is 6.42 Å². The number of carbonyl (C=O) groups excluding carboxylic acids is 1. The maximum Gasteiger partial charge on any atom is 0.431 e. The average molecular weight is 319 g/mol. The summed E-state index contributed by atoms with van der Waals surface area (Å²) in [6.45, 7) is 0. The molecule has 0 aliphatic rings. The summed E-state index contributed by atoms with van der Waals surface area (Å²) in [5.41, 5.74) is 0.600. The van der Waals surface area contributed by atoms with E-state index in [2.05, 4.69) is 15.3 Å². The molecule has 2 aromatic heterocycles. The molecule has 0 spiro atoms. The number of alkyl halides is 3. The van der Waals surface area contributed by atoms with Crippen molar-refractivity contribution in [3.63, 3.8) is 0 Å². The van der Waals surface area contributed by atoms with Crippen LogP contribution in [0.15, 0.2) is 48.7 Å². The van der Waals surface area contributed by atoms with Crippen LogP contribution in [0, 0.1) is 0 Å². The Hall–Kier alpha value is -2.83. The highest BCUT2D eigenvalue weighted by Gasteiger charge is 2.32. The van der Waals surface area contributed by atoms with Gasteiger partial charge >= 0.3 is 6.18 Å². The number of H-pyrrole nitrogens is 1. The topological polar surface area (TPSA) is 57.8 Å². The van der Waals surface area contributed by atoms with Crippen LogP contribution in [0.5, 0.6) is 0 Å². The lowest BCUT2D eigenvalue weighted by Crippen LogP contribution is -2.14. The van der Waals surface area contributed by atoms with E-state index in [1.165, 1.54) is 12.1 Å². The van der Waals surface area contributed by atoms with Gasteiger partial charge in [0.15, 0.2) is 0 Å². The van der Waals surface area contributed by atoms with Crippen molar-refractivity contribution in [3.8, 4) is 0 Å². The second-order valence-corrected chi connectivity index (χ2v) is 5.03. The van der Waals surface area contributed by atoms with Crippen LogP contribution in [-0.4, -0.2) is 15.9 Å². The number of fused-ring (bicyclic) bond motifs is 1. The average Bonchev–Trinajstić information content (AvgIpc) is 2.91. The fourth-order valence-electron chi connectivity index (χ4n) is 2.24. The lowest BCUT2D eigenvalue weighted by atomic mass is 10.2. The fourth-order valence-corrected chi connectivity index (χ4v) is 2.24. The lowest BCUT2D eigenvalue weighted by Gasteiger charge is -2.05. The normalized spacial score (nSPS) is 11.6. The first kappa shape index (κ1) is 15.1. The summed E-state index contributed by atoms with van der Waals surface area (Å²) in [5.74, 6) is -0.283. The second-order valence-electron chi connectivity index (χ2n) is 5.03. The highest BCUT2D eigenvalue weighted by atomic mass is 19.4. The summed E-state index contributed by atoms with van der Waals surface area (Å²) in [6, 6.07) is 10.8. The molecule has 1 aromatic carbocycles. The predicted molar refractivity (Wildman–Crippen MR) is 79.9 cm³/mol. The van der Waals surface area contributed by atoms with Crippen LogP contribution >= 0.6 is 0 Å². The number of aromatic nitrogens is 2. The molecule has 4 nitrogen and oxygen atoms in total. The zero-order valence-corrected chi connectivity index (χ0v) is 11.8. The second kappa shape index (κ2) is 5.75. The van der Waals surface area contributed by atoms with Gasteiger partial charge in [0.2, 0.25) is 5.91 Å². The van der Waals surface area contributed by atoms with Crippen molar-refractivity contribution in [3.05, 3.63) is 60.0 Å². The molecule has 0 radical (unpaired) electrons. The fraction of sp³-hybridized carbons (Fsp3) is 0.125. The third-order valence-corrected chi connectivity index (χ3v) is 3.28. The van der Waals surface area contributed by atoms with Crippen LogP contribution in [0.4, 0.5) is 18.9 Å². The standard InChI is InChI=1S/C16H12F3N3O/c17-16(18,19)14-8-10-7-12(4-5-13(10)22-14)21-15(23)9-11-3-1-2-6-20-11/h1-8,22H,9H2,(H,21,23). The number of hydrogen-bond donors (Lipinski definition) is 2. The van der Waals surface area contributed by atoms with E-state index in [9.17, 15) is 18.0 Å². The van der Waals surface area contributed by atoms with Crippen molar-refractivity contribution in [2.75, 3.05) is 5.32 Å². The summed E-state index contributed by atoms with van der Waals surface area (Å²) in [4.78, 5) is 18.3. The Bertz CT molecular complexity index is 841. The highest BCUT2D eigenvalue weighted by Crippen LogP contribution is 2.31. The van der Waals surface area contributed by atoms with Crippen molar-refractivity contribution < 1.29 is 18.0 Å². The monoisotopic (exact) mass is 319 g/mol. The Morgan fingerprint density at radius 1 is 1.17 bits per heavy atom. The van der Waals surface area contributed by atoms with Gasteiger partial charge in [-0.05, 0) is 36.4 Å². The Morgan fingerprint density at radius 2 is 2.00 bits per heavy atom. The first-order chi connectivity index (χ1) is 10.9. The molecule has 3 rings (SSSR count). The van der Waals surface area contributed by atoms with Gasteiger partial charge in [0.1, 0.15) is 5.69 Å². The van der Waals surface area contributed by atoms with E-state index in [1.807, 2.05) is 0 Å². The SMILES string of the molecule is O=C(Cc1ccccn1)Nc1ccc2[nH]c(C(F)(F)F)cc2c1. The number of nitrogens with zero attached hydrogens (tertiary/aromatic N) is 1. The van der Waals surface area contributed by atoms with Crippen molar-refractivity contribution in [2.24, 2.45) is 0 Å². The number of amides is 1. The van der Waals surface area contributed by atoms with Crippen molar-refractivity contribution in [1.29, 1.82) is 0 Å². The molecule has 118 valence electrons. The number of hydrogen-bond acceptors (Lipinski definition) is 2. The molecule has 0 aliphatic carbocycles. The maximum absolute atomic E-state index is 12.7. The van der Waals surface area contributed by atoms with E-state index in [0.717, 1.165) is 6.07 Å². The Kier molecular flexibility index (Phi) is 3.77. The minimum Gasteiger partial charge on any atom is -0.351 e. The van der Waals surface area contributed by atoms with Gasteiger partial charge < -0.3 is 10.3 Å². The van der Waals surface area contributed by atoms with Gasteiger partial charge in [0, 0.05) is 28.5 Å². The van der Waals surface area contributed by atoms with Crippen LogP contribution in [0.2, 0.25) is 0 Å². The zero-order chi connectivity index (χ0) is 16.4. The first-order valence-corrected chi connectivity index (χ1v) is 6.81. The molecule has 2 N–H and O–H groups in total. The van der Waals surface area contributed by atoms with Gasteiger partial charge in [-0.15, -0.1) is 0 Å². The summed E-state index contributed by atoms with van der Waals surface area (Å²) in [7, 11) is 0. The maximum atomic E-state index is 12.7. The number of rotatable bonds is 3. The zero-order valence-electron chi connectivity index (χ0n) is 11.8. The molecular weight excluding hydrogens is 307 g/mol. The minimum absolute atomic E-state index is 0.0970. The number of benzene rings is 1. The summed E-state index contributed by atoms with van der Waals surface area (Å²) in [6.07, 6.45) is -2.74. The Morgan fingerprint density at radius 3 is 2.70 bits per heavy atom. The molecule has 0 saturated heterocycles. The largest absolute Gasteiger partial charge is 0.431 e. The van der Waals surface area contributed by atoms with Crippen LogP contribution in [-0.2, 0) is 17.4 Å². The molecule has 0 saturated carbocycles. The summed E-state index contributed by atoms with van der Waals surface area (Å²) in [5, 5.41) is 3.04. The third-order valence-electron chi connectivity index (χ3n) is 3.28. The molecule has 23 heavy (non-hydrogen) atoms. The van der Waals surface area contributed by atoms with Gasteiger partial charge in [-0.25, -0.2) is 0 Å². The smallest absolute Gasteiger partial charge is 0.351 e. The van der Waals surface area contributed by atoms with Gasteiger partial charge in [-0.2, -0.15) is 13.2 Å². The number of aromatic amines is 1. The van der Waals surface area contributed by atoms with Crippen LogP contribution in [0.25, 0.3) is 10.9 Å². The quantitative estimate of drug-likeness (QED) is 0.772. The van der Waals surface area contributed by atoms with Gasteiger partial charge in [0.25, 0.3) is 0 Å². The highest BCUT2D eigenvalue weighted by molar-refractivity contribution is 5.94. The number of pyridine rings is 1. The third kappa shape index (κ3) is 3.50. The van der Waals surface area contributed by atoms with E-state index in [1.54, 1.807) is 30.5 Å². The lowest BCUT2D eigenvalue weighted by molar-refractivity contribution is -0.140. The molecule has 0 aliphatic heterocycles. The molecular formula is C16H12F3N3O. The van der Waals surface area contributed by atoms with Crippen LogP contribution in [0.3, 0.4) is 0 Å². The van der Waals surface area contributed by atoms with E-state index in [4.69, 9.17) is 0 Å². The molecule has 0 bridgehead atoms. The first-order valence-electron chi connectivity index (χ1n) is 6.81. The number of nitrogens with one attached hydrogen (secondary N) is 2. The number of anilines is 1. The molecule has 0 fully saturated rings. The Labute approximate surface area is 129 Å². The molecule has 0 atom stereocenters. The molecule has 3 aromatic rings. The molecule has 1 amide bonds. The van der Waals surface area contributed by atoms with Gasteiger partial charge in [-0.3, -0.25) is 9.78 Å². The van der Waals surface area contributed by atoms with Gasteiger partial charge in [-0.1, -0.05) is 6.07 Å². The molecule has 0 unspecified atom stereocenters. The van der Waals surface area contributed by atoms with E-state index < -0.39 is 11.9 Å². The van der Waals surface area contributed by atoms with E-state index in [-0.39, 0.29) is 12.3 Å². The summed E-state index contributed by atoms with van der Waals surface area (Å²) >= 11 is 0. The predicted octanol–water partition coefficient (Wildman–Crippen LogP) is 3.76.